The van der Waals surface area contributed by atoms with Gasteiger partial charge in [0.2, 0.25) is 0 Å². The second-order valence-corrected chi connectivity index (χ2v) is 10.9. The molecule has 182 valence electrons. The van der Waals surface area contributed by atoms with Gasteiger partial charge in [0.25, 0.3) is 0 Å². The van der Waals surface area contributed by atoms with Crippen LogP contribution >= 0.6 is 0 Å². The summed E-state index contributed by atoms with van der Waals surface area (Å²) < 4.78 is 5.21. The van der Waals surface area contributed by atoms with Gasteiger partial charge in [-0.15, -0.1) is 0 Å². The number of carbonyl (C=O) groups is 1. The van der Waals surface area contributed by atoms with Crippen molar-refractivity contribution in [3.05, 3.63) is 35.4 Å². The first-order valence-corrected chi connectivity index (χ1v) is 13.7. The number of hydrogen-bond acceptors (Lipinski definition) is 4. The van der Waals surface area contributed by atoms with Gasteiger partial charge in [-0.2, -0.15) is 0 Å². The number of rotatable bonds is 3. The van der Waals surface area contributed by atoms with Crippen molar-refractivity contribution in [1.82, 2.24) is 14.7 Å². The van der Waals surface area contributed by atoms with Crippen LogP contribution < -0.4 is 0 Å². The summed E-state index contributed by atoms with van der Waals surface area (Å²) in [5.41, 5.74) is 3.55. The van der Waals surface area contributed by atoms with Crippen LogP contribution in [0.15, 0.2) is 24.3 Å². The van der Waals surface area contributed by atoms with Gasteiger partial charge in [-0.25, -0.2) is 4.79 Å². The number of amides is 1. The maximum Gasteiger partial charge on any atom is 0.409 e. The van der Waals surface area contributed by atoms with Gasteiger partial charge < -0.3 is 14.5 Å². The minimum Gasteiger partial charge on any atom is -0.450 e. The van der Waals surface area contributed by atoms with E-state index in [4.69, 9.17) is 4.74 Å². The molecular weight excluding hydrogens is 410 g/mol. The Bertz CT molecular complexity index is 788. The van der Waals surface area contributed by atoms with Crippen molar-refractivity contribution >= 4 is 6.09 Å². The molecular formula is C28H43N3O2. The molecule has 3 heterocycles. The minimum absolute atomic E-state index is 0.133. The Balaban J connectivity index is 1.24. The van der Waals surface area contributed by atoms with E-state index in [9.17, 15) is 4.79 Å². The average molecular weight is 454 g/mol. The molecule has 0 N–H and O–H groups in total. The third-order valence-electron chi connectivity index (χ3n) is 9.07. The zero-order valence-electron chi connectivity index (χ0n) is 20.6. The summed E-state index contributed by atoms with van der Waals surface area (Å²) in [5.74, 6) is 0. The molecule has 3 aliphatic heterocycles. The van der Waals surface area contributed by atoms with Gasteiger partial charge >= 0.3 is 6.09 Å². The van der Waals surface area contributed by atoms with Crippen LogP contribution in [0.2, 0.25) is 0 Å². The number of piperidine rings is 2. The Kier molecular flexibility index (Phi) is 7.27. The van der Waals surface area contributed by atoms with Crippen molar-refractivity contribution in [2.24, 2.45) is 0 Å². The normalized spacial score (nSPS) is 25.5. The van der Waals surface area contributed by atoms with Crippen LogP contribution in [0.5, 0.6) is 0 Å². The Morgan fingerprint density at radius 1 is 0.909 bits per heavy atom. The van der Waals surface area contributed by atoms with Crippen LogP contribution in [-0.4, -0.2) is 72.2 Å². The van der Waals surface area contributed by atoms with E-state index in [1.165, 1.54) is 71.0 Å². The molecule has 0 bridgehead atoms. The fourth-order valence-corrected chi connectivity index (χ4v) is 7.18. The molecule has 0 unspecified atom stereocenters. The molecule has 0 atom stereocenters. The first-order chi connectivity index (χ1) is 16.2. The topological polar surface area (TPSA) is 36.0 Å². The van der Waals surface area contributed by atoms with Crippen LogP contribution in [0.4, 0.5) is 4.79 Å². The fraction of sp³-hybridized carbons (Fsp3) is 0.750. The van der Waals surface area contributed by atoms with Gasteiger partial charge in [-0.1, -0.05) is 49.9 Å². The van der Waals surface area contributed by atoms with Crippen molar-refractivity contribution in [1.29, 1.82) is 0 Å². The molecule has 4 aliphatic rings. The van der Waals surface area contributed by atoms with E-state index < -0.39 is 0 Å². The number of likely N-dealkylation sites (tertiary alicyclic amines) is 2. The molecule has 3 fully saturated rings. The van der Waals surface area contributed by atoms with Gasteiger partial charge in [0.1, 0.15) is 0 Å². The van der Waals surface area contributed by atoms with E-state index in [0.29, 0.717) is 18.1 Å². The minimum atomic E-state index is -0.133. The van der Waals surface area contributed by atoms with E-state index in [0.717, 1.165) is 38.5 Å². The summed E-state index contributed by atoms with van der Waals surface area (Å²) in [6.45, 7) is 8.81. The second-order valence-electron chi connectivity index (χ2n) is 10.9. The molecule has 1 saturated carbocycles. The van der Waals surface area contributed by atoms with Crippen molar-refractivity contribution in [3.8, 4) is 0 Å². The van der Waals surface area contributed by atoms with Crippen LogP contribution in [0, 0.1) is 0 Å². The first-order valence-electron chi connectivity index (χ1n) is 13.7. The van der Waals surface area contributed by atoms with Crippen LogP contribution in [0.1, 0.15) is 82.3 Å². The number of hydrogen-bond donors (Lipinski definition) is 0. The Morgan fingerprint density at radius 2 is 1.58 bits per heavy atom. The van der Waals surface area contributed by atoms with Gasteiger partial charge in [-0.3, -0.25) is 4.90 Å². The molecule has 5 nitrogen and oxygen atoms in total. The van der Waals surface area contributed by atoms with E-state index in [2.05, 4.69) is 34.1 Å². The molecule has 0 radical (unpaired) electrons. The summed E-state index contributed by atoms with van der Waals surface area (Å²) in [5, 5.41) is 0. The molecule has 0 aromatic heterocycles. The highest BCUT2D eigenvalue weighted by Gasteiger charge is 2.44. The van der Waals surface area contributed by atoms with Crippen LogP contribution in [0.3, 0.4) is 0 Å². The second kappa shape index (κ2) is 10.4. The van der Waals surface area contributed by atoms with E-state index >= 15 is 0 Å². The van der Waals surface area contributed by atoms with Gasteiger partial charge in [0, 0.05) is 43.7 Å². The molecule has 33 heavy (non-hydrogen) atoms. The first kappa shape index (κ1) is 23.2. The number of benzene rings is 1. The molecule has 5 rings (SSSR count). The molecule has 1 aromatic carbocycles. The smallest absolute Gasteiger partial charge is 0.409 e. The molecule has 1 spiro atoms. The molecule has 2 saturated heterocycles. The van der Waals surface area contributed by atoms with Crippen molar-refractivity contribution < 1.29 is 9.53 Å². The van der Waals surface area contributed by atoms with Crippen molar-refractivity contribution in [3.63, 3.8) is 0 Å². The summed E-state index contributed by atoms with van der Waals surface area (Å²) in [6.07, 6.45) is 13.0. The largest absolute Gasteiger partial charge is 0.450 e. The predicted octanol–water partition coefficient (Wildman–Crippen LogP) is 5.18. The molecule has 5 heteroatoms. The lowest BCUT2D eigenvalue weighted by Gasteiger charge is -2.52. The van der Waals surface area contributed by atoms with Crippen LogP contribution in [-0.2, 0) is 16.7 Å². The average Bonchev–Trinajstić information content (AvgIpc) is 3.15. The van der Waals surface area contributed by atoms with E-state index in [1.807, 2.05) is 11.8 Å². The standard InChI is InChI=1S/C28H43N3O2/c1-2-33-27(32)30-17-13-25(14-18-30)29-19-15-28(16-20-29)22-31(24-10-5-3-4-6-11-24)21-23-9-7-8-12-26(23)28/h7-9,12,24-25H,2-6,10-11,13-22H2,1H3. The van der Waals surface area contributed by atoms with Crippen LogP contribution in [0.25, 0.3) is 0 Å². The van der Waals surface area contributed by atoms with E-state index in [-0.39, 0.29) is 6.09 Å². The molecule has 1 amide bonds. The lowest BCUT2D eigenvalue weighted by molar-refractivity contribution is 0.0334. The fourth-order valence-electron chi connectivity index (χ4n) is 7.18. The van der Waals surface area contributed by atoms with E-state index in [1.54, 1.807) is 11.1 Å². The van der Waals surface area contributed by atoms with Crippen molar-refractivity contribution in [2.75, 3.05) is 39.3 Å². The summed E-state index contributed by atoms with van der Waals surface area (Å²) in [6, 6.07) is 10.7. The third kappa shape index (κ3) is 4.95. The number of nitrogens with zero attached hydrogens (tertiary/aromatic N) is 3. The van der Waals surface area contributed by atoms with Gasteiger partial charge in [-0.05, 0) is 69.7 Å². The zero-order chi connectivity index (χ0) is 22.7. The third-order valence-corrected chi connectivity index (χ3v) is 9.07. The Labute approximate surface area is 200 Å². The maximum atomic E-state index is 12.1. The number of fused-ring (bicyclic) bond motifs is 2. The summed E-state index contributed by atoms with van der Waals surface area (Å²) in [4.78, 5) is 19.6. The van der Waals surface area contributed by atoms with Crippen molar-refractivity contribution in [2.45, 2.75) is 95.2 Å². The van der Waals surface area contributed by atoms with Gasteiger partial charge in [0.15, 0.2) is 0 Å². The quantitative estimate of drug-likeness (QED) is 0.591. The highest BCUT2D eigenvalue weighted by atomic mass is 16.6. The summed E-state index contributed by atoms with van der Waals surface area (Å²) in [7, 11) is 0. The SMILES string of the molecule is CCOC(=O)N1CCC(N2CCC3(CC2)CN(C2CCCCCC2)Cc2ccccc23)CC1. The zero-order valence-corrected chi connectivity index (χ0v) is 20.6. The number of ether oxygens (including phenoxy) is 1. The maximum absolute atomic E-state index is 12.1. The lowest BCUT2D eigenvalue weighted by Crippen LogP contribution is -2.56. The molecule has 1 aliphatic carbocycles. The monoisotopic (exact) mass is 453 g/mol. The lowest BCUT2D eigenvalue weighted by atomic mass is 9.68. The highest BCUT2D eigenvalue weighted by molar-refractivity contribution is 5.67. The number of carbonyl (C=O) groups excluding carboxylic acids is 1. The van der Waals surface area contributed by atoms with Gasteiger partial charge in [0.05, 0.1) is 6.61 Å². The highest BCUT2D eigenvalue weighted by Crippen LogP contribution is 2.44. The Morgan fingerprint density at radius 3 is 2.27 bits per heavy atom. The Hall–Kier alpha value is -1.59. The molecule has 1 aromatic rings. The summed E-state index contributed by atoms with van der Waals surface area (Å²) >= 11 is 0. The predicted molar refractivity (Wildman–Crippen MR) is 132 cm³/mol.